The Kier molecular flexibility index (Phi) is 3.57. The van der Waals surface area contributed by atoms with Crippen molar-refractivity contribution in [2.45, 2.75) is 19.8 Å². The highest BCUT2D eigenvalue weighted by Crippen LogP contribution is 2.25. The van der Waals surface area contributed by atoms with Crippen molar-refractivity contribution < 1.29 is 9.59 Å². The minimum absolute atomic E-state index is 0.160. The molecule has 0 unspecified atom stereocenters. The molecule has 2 aromatic carbocycles. The van der Waals surface area contributed by atoms with Crippen LogP contribution in [0.2, 0.25) is 0 Å². The molecule has 3 nitrogen and oxygen atoms in total. The molecule has 0 atom stereocenters. The number of carbonyl (C=O) groups excluding carboxylic acids is 2. The van der Waals surface area contributed by atoms with E-state index in [9.17, 15) is 9.59 Å². The topological polar surface area (TPSA) is 37.4 Å². The fourth-order valence-electron chi connectivity index (χ4n) is 2.71. The molecule has 0 aromatic heterocycles. The molecular formula is C18H17NO2. The molecule has 1 heterocycles. The van der Waals surface area contributed by atoms with Crippen LogP contribution >= 0.6 is 0 Å². The number of benzene rings is 2. The zero-order chi connectivity index (χ0) is 14.8. The Morgan fingerprint density at radius 1 is 0.857 bits per heavy atom. The molecule has 1 aliphatic heterocycles. The Bertz CT molecular complexity index is 692. The number of nitrogens with zero attached hydrogens (tertiary/aromatic N) is 1. The van der Waals surface area contributed by atoms with Crippen LogP contribution in [0.4, 0.5) is 0 Å². The summed E-state index contributed by atoms with van der Waals surface area (Å²) in [5.74, 6) is -0.324. The van der Waals surface area contributed by atoms with Crippen LogP contribution in [0, 0.1) is 0 Å². The molecule has 3 heteroatoms. The molecule has 0 spiro atoms. The van der Waals surface area contributed by atoms with E-state index in [0.29, 0.717) is 17.7 Å². The van der Waals surface area contributed by atoms with Gasteiger partial charge in [0.15, 0.2) is 0 Å². The van der Waals surface area contributed by atoms with Crippen molar-refractivity contribution in [1.82, 2.24) is 4.90 Å². The van der Waals surface area contributed by atoms with Crippen molar-refractivity contribution in [3.8, 4) is 0 Å². The van der Waals surface area contributed by atoms with Gasteiger partial charge in [-0.25, -0.2) is 0 Å². The molecule has 0 saturated heterocycles. The van der Waals surface area contributed by atoms with E-state index < -0.39 is 0 Å². The second-order valence-corrected chi connectivity index (χ2v) is 5.30. The van der Waals surface area contributed by atoms with Crippen LogP contribution in [-0.2, 0) is 6.42 Å². The van der Waals surface area contributed by atoms with Crippen molar-refractivity contribution in [1.29, 1.82) is 0 Å². The van der Waals surface area contributed by atoms with E-state index >= 15 is 0 Å². The lowest BCUT2D eigenvalue weighted by Gasteiger charge is -2.11. The molecule has 21 heavy (non-hydrogen) atoms. The van der Waals surface area contributed by atoms with E-state index in [4.69, 9.17) is 0 Å². The predicted molar refractivity (Wildman–Crippen MR) is 81.3 cm³/mol. The fraction of sp³-hybridized carbons (Fsp3) is 0.222. The number of amides is 2. The Morgan fingerprint density at radius 2 is 1.57 bits per heavy atom. The maximum atomic E-state index is 12.3. The summed E-state index contributed by atoms with van der Waals surface area (Å²) in [6.07, 6.45) is 1.55. The van der Waals surface area contributed by atoms with Gasteiger partial charge in [0.05, 0.1) is 11.1 Å². The number of hydrogen-bond acceptors (Lipinski definition) is 2. The van der Waals surface area contributed by atoms with Gasteiger partial charge in [-0.15, -0.1) is 0 Å². The molecular weight excluding hydrogens is 262 g/mol. The van der Waals surface area contributed by atoms with Crippen LogP contribution in [0.3, 0.4) is 0 Å². The Balaban J connectivity index is 1.90. The van der Waals surface area contributed by atoms with Crippen LogP contribution in [0.25, 0.3) is 0 Å². The smallest absolute Gasteiger partial charge is 0.261 e. The van der Waals surface area contributed by atoms with Crippen LogP contribution < -0.4 is 0 Å². The maximum absolute atomic E-state index is 12.3. The third-order valence-corrected chi connectivity index (χ3v) is 3.73. The monoisotopic (exact) mass is 279 g/mol. The first kappa shape index (κ1) is 13.6. The molecule has 0 N–H and O–H groups in total. The number of carbonyl (C=O) groups is 2. The number of fused-ring (bicyclic) bond motifs is 1. The van der Waals surface area contributed by atoms with Gasteiger partial charge in [-0.05, 0) is 36.1 Å². The van der Waals surface area contributed by atoms with Crippen LogP contribution in [0.15, 0.2) is 48.5 Å². The average Bonchev–Trinajstić information content (AvgIpc) is 2.74. The van der Waals surface area contributed by atoms with Gasteiger partial charge in [0.25, 0.3) is 11.8 Å². The molecule has 1 aliphatic rings. The Labute approximate surface area is 124 Å². The summed E-state index contributed by atoms with van der Waals surface area (Å²) in [6.45, 7) is 2.45. The first-order valence-corrected chi connectivity index (χ1v) is 7.23. The van der Waals surface area contributed by atoms with E-state index in [1.165, 1.54) is 10.5 Å². The van der Waals surface area contributed by atoms with Crippen molar-refractivity contribution in [2.24, 2.45) is 0 Å². The van der Waals surface area contributed by atoms with Crippen molar-refractivity contribution >= 4 is 11.8 Å². The highest BCUT2D eigenvalue weighted by Gasteiger charge is 2.34. The highest BCUT2D eigenvalue weighted by atomic mass is 16.2. The lowest BCUT2D eigenvalue weighted by Crippen LogP contribution is -2.30. The molecule has 106 valence electrons. The molecule has 2 aromatic rings. The van der Waals surface area contributed by atoms with Crippen LogP contribution in [-0.4, -0.2) is 23.3 Å². The first-order chi connectivity index (χ1) is 10.2. The molecule has 2 amide bonds. The number of hydrogen-bond donors (Lipinski definition) is 0. The highest BCUT2D eigenvalue weighted by molar-refractivity contribution is 6.21. The van der Waals surface area contributed by atoms with Gasteiger partial charge >= 0.3 is 0 Å². The molecule has 3 rings (SSSR count). The minimum atomic E-state index is -0.164. The van der Waals surface area contributed by atoms with Gasteiger partial charge in [-0.2, -0.15) is 0 Å². The number of rotatable bonds is 4. The van der Waals surface area contributed by atoms with E-state index in [2.05, 4.69) is 12.1 Å². The summed E-state index contributed by atoms with van der Waals surface area (Å²) in [6, 6.07) is 15.7. The first-order valence-electron chi connectivity index (χ1n) is 7.23. The van der Waals surface area contributed by atoms with Crippen molar-refractivity contribution in [2.75, 3.05) is 6.54 Å². The van der Waals surface area contributed by atoms with Gasteiger partial charge < -0.3 is 0 Å². The van der Waals surface area contributed by atoms with Gasteiger partial charge in [-0.3, -0.25) is 14.5 Å². The summed E-state index contributed by atoms with van der Waals surface area (Å²) in [4.78, 5) is 25.8. The predicted octanol–water partition coefficient (Wildman–Crippen LogP) is 3.28. The van der Waals surface area contributed by atoms with E-state index in [1.807, 2.05) is 37.3 Å². The van der Waals surface area contributed by atoms with Gasteiger partial charge in [0.2, 0.25) is 0 Å². The summed E-state index contributed by atoms with van der Waals surface area (Å²) in [5.41, 5.74) is 3.33. The van der Waals surface area contributed by atoms with Crippen LogP contribution in [0.1, 0.15) is 45.2 Å². The molecule has 0 aliphatic carbocycles. The Hall–Kier alpha value is -2.42. The third kappa shape index (κ3) is 2.47. The second-order valence-electron chi connectivity index (χ2n) is 5.30. The van der Waals surface area contributed by atoms with Crippen molar-refractivity contribution in [3.05, 3.63) is 70.8 Å². The molecule has 0 radical (unpaired) electrons. The summed E-state index contributed by atoms with van der Waals surface area (Å²) in [5, 5.41) is 0. The van der Waals surface area contributed by atoms with E-state index in [1.54, 1.807) is 6.07 Å². The quantitative estimate of drug-likeness (QED) is 0.805. The molecule has 0 bridgehead atoms. The third-order valence-electron chi connectivity index (χ3n) is 3.73. The van der Waals surface area contributed by atoms with Crippen molar-refractivity contribution in [3.63, 3.8) is 0 Å². The van der Waals surface area contributed by atoms with E-state index in [0.717, 1.165) is 18.4 Å². The zero-order valence-electron chi connectivity index (χ0n) is 12.0. The van der Waals surface area contributed by atoms with Gasteiger partial charge in [-0.1, -0.05) is 43.3 Å². The number of imide groups is 1. The van der Waals surface area contributed by atoms with Gasteiger partial charge in [0, 0.05) is 6.54 Å². The second kappa shape index (κ2) is 5.52. The summed E-state index contributed by atoms with van der Waals surface area (Å²) >= 11 is 0. The van der Waals surface area contributed by atoms with Crippen LogP contribution in [0.5, 0.6) is 0 Å². The fourth-order valence-corrected chi connectivity index (χ4v) is 2.71. The average molecular weight is 279 g/mol. The Morgan fingerprint density at radius 3 is 2.29 bits per heavy atom. The maximum Gasteiger partial charge on any atom is 0.261 e. The minimum Gasteiger partial charge on any atom is -0.274 e. The van der Waals surface area contributed by atoms with Gasteiger partial charge in [0.1, 0.15) is 0 Å². The van der Waals surface area contributed by atoms with E-state index in [-0.39, 0.29) is 11.8 Å². The summed E-state index contributed by atoms with van der Waals surface area (Å²) < 4.78 is 0. The SMILES string of the molecule is CCCN1C(=O)c2ccc(Cc3ccccc3)cc2C1=O. The normalized spacial score (nSPS) is 13.7. The zero-order valence-corrected chi connectivity index (χ0v) is 12.0. The summed E-state index contributed by atoms with van der Waals surface area (Å²) in [7, 11) is 0. The standard InChI is InChI=1S/C18H17NO2/c1-2-10-19-17(20)15-9-8-14(12-16(15)18(19)21)11-13-6-4-3-5-7-13/h3-9,12H,2,10-11H2,1H3. The molecule has 0 fully saturated rings. The lowest BCUT2D eigenvalue weighted by atomic mass is 10.0. The lowest BCUT2D eigenvalue weighted by molar-refractivity contribution is 0.0654. The molecule has 0 saturated carbocycles. The largest absolute Gasteiger partial charge is 0.274 e.